The first kappa shape index (κ1) is 17.7. The lowest BCUT2D eigenvalue weighted by molar-refractivity contribution is -0.142. The molecule has 0 fully saturated rings. The molecule has 0 aromatic carbocycles. The van der Waals surface area contributed by atoms with Gasteiger partial charge in [0.25, 0.3) is 0 Å². The number of carboxylic acids is 1. The molecule has 8 heteroatoms. The number of rotatable bonds is 8. The molecule has 1 heterocycles. The molecule has 1 aromatic heterocycles. The van der Waals surface area contributed by atoms with Crippen LogP contribution in [0.25, 0.3) is 0 Å². The van der Waals surface area contributed by atoms with Gasteiger partial charge in [-0.3, -0.25) is 9.59 Å². The number of H-pyrrole nitrogens is 1. The molecule has 0 spiro atoms. The molecule has 1 rings (SSSR count). The van der Waals surface area contributed by atoms with Crippen molar-refractivity contribution < 1.29 is 19.5 Å². The molecule has 2 amide bonds. The predicted molar refractivity (Wildman–Crippen MR) is 78.9 cm³/mol. The molecule has 0 aliphatic heterocycles. The van der Waals surface area contributed by atoms with Gasteiger partial charge >= 0.3 is 5.97 Å². The highest BCUT2D eigenvalue weighted by molar-refractivity contribution is 5.90. The fourth-order valence-corrected chi connectivity index (χ4v) is 2.04. The van der Waals surface area contributed by atoms with Gasteiger partial charge in [-0.15, -0.1) is 0 Å². The van der Waals surface area contributed by atoms with Gasteiger partial charge in [-0.05, 0) is 12.3 Å². The van der Waals surface area contributed by atoms with Crippen molar-refractivity contribution in [1.82, 2.24) is 20.6 Å². The van der Waals surface area contributed by atoms with Crippen molar-refractivity contribution in [3.8, 4) is 0 Å². The van der Waals surface area contributed by atoms with Gasteiger partial charge in [-0.1, -0.05) is 13.8 Å². The van der Waals surface area contributed by atoms with Crippen LogP contribution in [-0.4, -0.2) is 44.9 Å². The number of nitrogens with zero attached hydrogens (tertiary/aromatic N) is 1. The SMILES string of the molecule is CC(=O)NC(CC(C)C)C(=O)NC(Cc1cnc[nH]1)C(=O)O. The van der Waals surface area contributed by atoms with Crippen LogP contribution in [0.1, 0.15) is 32.9 Å². The van der Waals surface area contributed by atoms with Crippen molar-refractivity contribution in [3.05, 3.63) is 18.2 Å². The van der Waals surface area contributed by atoms with Crippen LogP contribution >= 0.6 is 0 Å². The summed E-state index contributed by atoms with van der Waals surface area (Å²) in [5, 5.41) is 14.2. The standard InChI is InChI=1S/C14H22N4O4/c1-8(2)4-11(17-9(3)19)13(20)18-12(14(21)22)5-10-6-15-7-16-10/h6-8,11-12H,4-5H2,1-3H3,(H,15,16)(H,17,19)(H,18,20)(H,21,22). The van der Waals surface area contributed by atoms with Gasteiger partial charge in [0.05, 0.1) is 6.33 Å². The molecule has 4 N–H and O–H groups in total. The number of hydrogen-bond donors (Lipinski definition) is 4. The van der Waals surface area contributed by atoms with E-state index in [0.717, 1.165) is 0 Å². The van der Waals surface area contributed by atoms with Crippen LogP contribution in [0.4, 0.5) is 0 Å². The summed E-state index contributed by atoms with van der Waals surface area (Å²) in [6, 6.07) is -1.84. The zero-order valence-electron chi connectivity index (χ0n) is 12.9. The average Bonchev–Trinajstić information content (AvgIpc) is 2.88. The lowest BCUT2D eigenvalue weighted by atomic mass is 10.0. The van der Waals surface area contributed by atoms with Crippen LogP contribution in [0, 0.1) is 5.92 Å². The minimum Gasteiger partial charge on any atom is -0.480 e. The first-order chi connectivity index (χ1) is 10.3. The minimum absolute atomic E-state index is 0.0928. The van der Waals surface area contributed by atoms with Crippen LogP contribution in [0.3, 0.4) is 0 Å². The lowest BCUT2D eigenvalue weighted by Crippen LogP contribution is -2.52. The molecule has 22 heavy (non-hydrogen) atoms. The second-order valence-corrected chi connectivity index (χ2v) is 5.56. The quantitative estimate of drug-likeness (QED) is 0.541. The van der Waals surface area contributed by atoms with E-state index in [0.29, 0.717) is 12.1 Å². The summed E-state index contributed by atoms with van der Waals surface area (Å²) >= 11 is 0. The fourth-order valence-electron chi connectivity index (χ4n) is 2.04. The van der Waals surface area contributed by atoms with E-state index in [2.05, 4.69) is 20.6 Å². The second-order valence-electron chi connectivity index (χ2n) is 5.56. The summed E-state index contributed by atoms with van der Waals surface area (Å²) in [6.07, 6.45) is 3.47. The van der Waals surface area contributed by atoms with Crippen LogP contribution < -0.4 is 10.6 Å². The Hall–Kier alpha value is -2.38. The number of hydrogen-bond acceptors (Lipinski definition) is 4. The van der Waals surface area contributed by atoms with E-state index in [1.54, 1.807) is 0 Å². The van der Waals surface area contributed by atoms with Gasteiger partial charge in [0.15, 0.2) is 0 Å². The van der Waals surface area contributed by atoms with Crippen molar-refractivity contribution in [1.29, 1.82) is 0 Å². The maximum atomic E-state index is 12.2. The lowest BCUT2D eigenvalue weighted by Gasteiger charge is -2.22. The minimum atomic E-state index is -1.14. The highest BCUT2D eigenvalue weighted by atomic mass is 16.4. The third-order valence-electron chi connectivity index (χ3n) is 2.99. The fraction of sp³-hybridized carbons (Fsp3) is 0.571. The Bertz CT molecular complexity index is 513. The molecular weight excluding hydrogens is 288 g/mol. The van der Waals surface area contributed by atoms with Crippen molar-refractivity contribution in [2.45, 2.75) is 45.7 Å². The molecule has 8 nitrogen and oxygen atoms in total. The van der Waals surface area contributed by atoms with Crippen LogP contribution in [0.2, 0.25) is 0 Å². The zero-order valence-corrected chi connectivity index (χ0v) is 12.9. The Morgan fingerprint density at radius 2 is 1.95 bits per heavy atom. The molecule has 1 aromatic rings. The number of aliphatic carboxylic acids is 1. The molecule has 0 aliphatic carbocycles. The normalized spacial score (nSPS) is 13.5. The Labute approximate surface area is 128 Å². The largest absolute Gasteiger partial charge is 0.480 e. The van der Waals surface area contributed by atoms with E-state index in [4.69, 9.17) is 0 Å². The van der Waals surface area contributed by atoms with E-state index in [1.807, 2.05) is 13.8 Å². The van der Waals surface area contributed by atoms with Crippen molar-refractivity contribution in [3.63, 3.8) is 0 Å². The van der Waals surface area contributed by atoms with Gasteiger partial charge < -0.3 is 20.7 Å². The van der Waals surface area contributed by atoms with Gasteiger partial charge in [0, 0.05) is 25.2 Å². The van der Waals surface area contributed by atoms with Crippen LogP contribution in [0.5, 0.6) is 0 Å². The highest BCUT2D eigenvalue weighted by Crippen LogP contribution is 2.06. The summed E-state index contributed by atoms with van der Waals surface area (Å²) in [4.78, 5) is 41.3. The number of aromatic nitrogens is 2. The average molecular weight is 310 g/mol. The highest BCUT2D eigenvalue weighted by Gasteiger charge is 2.26. The van der Waals surface area contributed by atoms with Crippen molar-refractivity contribution in [2.75, 3.05) is 0 Å². The van der Waals surface area contributed by atoms with Crippen molar-refractivity contribution >= 4 is 17.8 Å². The third kappa shape index (κ3) is 5.94. The number of amides is 2. The first-order valence-electron chi connectivity index (χ1n) is 7.07. The summed E-state index contributed by atoms with van der Waals surface area (Å²) in [7, 11) is 0. The molecule has 0 saturated carbocycles. The van der Waals surface area contributed by atoms with Crippen LogP contribution in [0.15, 0.2) is 12.5 Å². The molecular formula is C14H22N4O4. The van der Waals surface area contributed by atoms with Gasteiger partial charge in [-0.2, -0.15) is 0 Å². The summed E-state index contributed by atoms with van der Waals surface area (Å²) in [5.74, 6) is -1.80. The number of carbonyl (C=O) groups is 3. The summed E-state index contributed by atoms with van der Waals surface area (Å²) in [5.41, 5.74) is 0.604. The maximum absolute atomic E-state index is 12.2. The second kappa shape index (κ2) is 8.16. The summed E-state index contributed by atoms with van der Waals surface area (Å²) in [6.45, 7) is 5.16. The maximum Gasteiger partial charge on any atom is 0.326 e. The Balaban J connectivity index is 2.74. The zero-order chi connectivity index (χ0) is 16.7. The number of imidazole rings is 1. The Morgan fingerprint density at radius 1 is 1.27 bits per heavy atom. The Kier molecular flexibility index (Phi) is 6.55. The molecule has 122 valence electrons. The number of nitrogens with one attached hydrogen (secondary N) is 3. The topological polar surface area (TPSA) is 124 Å². The van der Waals surface area contributed by atoms with E-state index in [1.165, 1.54) is 19.4 Å². The number of carboxylic acid groups (broad SMARTS) is 1. The van der Waals surface area contributed by atoms with E-state index in [-0.39, 0.29) is 18.2 Å². The van der Waals surface area contributed by atoms with Crippen molar-refractivity contribution in [2.24, 2.45) is 5.92 Å². The molecule has 2 atom stereocenters. The Morgan fingerprint density at radius 3 is 2.41 bits per heavy atom. The molecule has 0 bridgehead atoms. The number of aromatic amines is 1. The molecule has 0 aliphatic rings. The molecule has 2 unspecified atom stereocenters. The summed E-state index contributed by atoms with van der Waals surface area (Å²) < 4.78 is 0. The first-order valence-corrected chi connectivity index (χ1v) is 7.07. The van der Waals surface area contributed by atoms with Gasteiger partial charge in [-0.25, -0.2) is 9.78 Å². The third-order valence-corrected chi connectivity index (χ3v) is 2.99. The van der Waals surface area contributed by atoms with Gasteiger partial charge in [0.1, 0.15) is 12.1 Å². The number of carbonyl (C=O) groups excluding carboxylic acids is 2. The smallest absolute Gasteiger partial charge is 0.326 e. The van der Waals surface area contributed by atoms with E-state index >= 15 is 0 Å². The predicted octanol–water partition coefficient (Wildman–Crippen LogP) is 0.0724. The van der Waals surface area contributed by atoms with Gasteiger partial charge in [0.2, 0.25) is 11.8 Å². The van der Waals surface area contributed by atoms with E-state index in [9.17, 15) is 19.5 Å². The van der Waals surface area contributed by atoms with Crippen LogP contribution in [-0.2, 0) is 20.8 Å². The monoisotopic (exact) mass is 310 g/mol. The molecule has 0 saturated heterocycles. The molecule has 0 radical (unpaired) electrons. The van der Waals surface area contributed by atoms with E-state index < -0.39 is 24.0 Å².